The summed E-state index contributed by atoms with van der Waals surface area (Å²) in [6.45, 7) is 5.85. The van der Waals surface area contributed by atoms with E-state index in [0.717, 1.165) is 0 Å². The first kappa shape index (κ1) is 18.4. The Morgan fingerprint density at radius 2 is 1.80 bits per heavy atom. The van der Waals surface area contributed by atoms with Crippen molar-refractivity contribution in [2.75, 3.05) is 11.9 Å². The number of hydrogen-bond acceptors (Lipinski definition) is 4. The molecule has 0 spiro atoms. The number of hydrogen-bond donors (Lipinski definition) is 2. The molecule has 0 heterocycles. The summed E-state index contributed by atoms with van der Waals surface area (Å²) in [5, 5.41) is 2.71. The Balaban J connectivity index is 0.00000361. The minimum Gasteiger partial charge on any atom is -0.462 e. The van der Waals surface area contributed by atoms with Crippen molar-refractivity contribution in [2.24, 2.45) is 11.7 Å². The molecule has 0 aliphatic heterocycles. The summed E-state index contributed by atoms with van der Waals surface area (Å²) in [4.78, 5) is 23.2. The van der Waals surface area contributed by atoms with Gasteiger partial charge in [0.1, 0.15) is 0 Å². The third kappa shape index (κ3) is 5.19. The van der Waals surface area contributed by atoms with Gasteiger partial charge in [0.05, 0.1) is 18.2 Å². The van der Waals surface area contributed by atoms with Gasteiger partial charge in [-0.2, -0.15) is 0 Å². The molecule has 6 heteroatoms. The van der Waals surface area contributed by atoms with Crippen LogP contribution in [0.1, 0.15) is 31.1 Å². The van der Waals surface area contributed by atoms with Crippen LogP contribution in [0.2, 0.25) is 0 Å². The lowest BCUT2D eigenvalue weighted by molar-refractivity contribution is -0.118. The second-order valence-corrected chi connectivity index (χ2v) is 4.56. The molecule has 1 rings (SSSR count). The fraction of sp³-hybridized carbons (Fsp3) is 0.429. The number of esters is 1. The number of ether oxygens (including phenoxy) is 1. The highest BCUT2D eigenvalue weighted by atomic mass is 35.5. The summed E-state index contributed by atoms with van der Waals surface area (Å²) in [5.74, 6) is -0.544. The molecule has 3 N–H and O–H groups in total. The number of nitrogens with one attached hydrogen (secondary N) is 1. The molecule has 1 amide bonds. The number of nitrogens with two attached hydrogens (primary N) is 1. The zero-order chi connectivity index (χ0) is 14.4. The molecule has 0 fully saturated rings. The van der Waals surface area contributed by atoms with Gasteiger partial charge in [-0.15, -0.1) is 12.4 Å². The molecule has 5 nitrogen and oxygen atoms in total. The molecule has 1 aromatic carbocycles. The number of anilines is 1. The summed E-state index contributed by atoms with van der Waals surface area (Å²) < 4.78 is 4.87. The zero-order valence-electron chi connectivity index (χ0n) is 11.9. The Bertz CT molecular complexity index is 446. The van der Waals surface area contributed by atoms with Gasteiger partial charge in [-0.3, -0.25) is 4.79 Å². The van der Waals surface area contributed by atoms with Gasteiger partial charge in [0.15, 0.2) is 0 Å². The van der Waals surface area contributed by atoms with Crippen molar-refractivity contribution in [1.82, 2.24) is 0 Å². The van der Waals surface area contributed by atoms with Crippen LogP contribution in [0.3, 0.4) is 0 Å². The summed E-state index contributed by atoms with van der Waals surface area (Å²) in [6, 6.07) is 5.96. The molecule has 0 saturated heterocycles. The van der Waals surface area contributed by atoms with Crippen LogP contribution in [0.5, 0.6) is 0 Å². The van der Waals surface area contributed by atoms with Crippen molar-refractivity contribution < 1.29 is 14.3 Å². The van der Waals surface area contributed by atoms with Crippen LogP contribution in [-0.4, -0.2) is 24.5 Å². The minimum atomic E-state index is -0.551. The molecule has 0 bridgehead atoms. The van der Waals surface area contributed by atoms with E-state index in [1.807, 2.05) is 13.8 Å². The van der Waals surface area contributed by atoms with Crippen LogP contribution >= 0.6 is 12.4 Å². The Morgan fingerprint density at radius 3 is 2.25 bits per heavy atom. The van der Waals surface area contributed by atoms with E-state index in [1.54, 1.807) is 31.2 Å². The zero-order valence-corrected chi connectivity index (χ0v) is 12.7. The van der Waals surface area contributed by atoms with Crippen molar-refractivity contribution in [3.05, 3.63) is 29.8 Å². The second-order valence-electron chi connectivity index (χ2n) is 4.56. The lowest BCUT2D eigenvalue weighted by Gasteiger charge is -2.15. The van der Waals surface area contributed by atoms with Crippen LogP contribution in [0.15, 0.2) is 24.3 Å². The van der Waals surface area contributed by atoms with Gasteiger partial charge in [-0.1, -0.05) is 13.8 Å². The second kappa shape index (κ2) is 8.55. The fourth-order valence-corrected chi connectivity index (χ4v) is 1.43. The first-order valence-corrected chi connectivity index (χ1v) is 6.29. The normalized spacial score (nSPS) is 11.4. The topological polar surface area (TPSA) is 81.4 Å². The number of rotatable bonds is 5. The van der Waals surface area contributed by atoms with Crippen molar-refractivity contribution in [3.63, 3.8) is 0 Å². The van der Waals surface area contributed by atoms with Crippen LogP contribution in [0.25, 0.3) is 0 Å². The standard InChI is InChI=1S/C14H20N2O3.ClH/c1-4-19-14(18)10-5-7-11(8-6-10)16-13(17)12(15)9(2)3;/h5-9,12H,4,15H2,1-3H3,(H,16,17);1H/t12-;/m0./s1. The van der Waals surface area contributed by atoms with Gasteiger partial charge >= 0.3 is 5.97 Å². The van der Waals surface area contributed by atoms with Crippen LogP contribution in [0, 0.1) is 5.92 Å². The predicted molar refractivity (Wildman–Crippen MR) is 81.1 cm³/mol. The van der Waals surface area contributed by atoms with Gasteiger partial charge in [-0.25, -0.2) is 4.79 Å². The van der Waals surface area contributed by atoms with Crippen molar-refractivity contribution in [2.45, 2.75) is 26.8 Å². The Kier molecular flexibility index (Phi) is 7.87. The molecule has 0 unspecified atom stereocenters. The third-order valence-electron chi connectivity index (χ3n) is 2.68. The van der Waals surface area contributed by atoms with Gasteiger partial charge in [0.25, 0.3) is 0 Å². The van der Waals surface area contributed by atoms with Crippen molar-refractivity contribution in [1.29, 1.82) is 0 Å². The maximum Gasteiger partial charge on any atom is 0.338 e. The maximum atomic E-state index is 11.7. The number of carbonyl (C=O) groups is 2. The molecule has 0 aliphatic rings. The predicted octanol–water partition coefficient (Wildman–Crippen LogP) is 2.21. The smallest absolute Gasteiger partial charge is 0.338 e. The number of halogens is 1. The highest BCUT2D eigenvalue weighted by Gasteiger charge is 2.17. The van der Waals surface area contributed by atoms with Crippen LogP contribution in [0.4, 0.5) is 5.69 Å². The Labute approximate surface area is 125 Å². The Morgan fingerprint density at radius 1 is 1.25 bits per heavy atom. The van der Waals surface area contributed by atoms with E-state index in [1.165, 1.54) is 0 Å². The third-order valence-corrected chi connectivity index (χ3v) is 2.68. The molecule has 0 aromatic heterocycles. The molecule has 0 aliphatic carbocycles. The van der Waals surface area contributed by atoms with E-state index in [2.05, 4.69) is 5.32 Å². The SMILES string of the molecule is CCOC(=O)c1ccc(NC(=O)[C@@H](N)C(C)C)cc1.Cl. The van der Waals surface area contributed by atoms with E-state index >= 15 is 0 Å². The van der Waals surface area contributed by atoms with Gasteiger partial charge < -0.3 is 15.8 Å². The summed E-state index contributed by atoms with van der Waals surface area (Å²) in [5.41, 5.74) is 6.80. The van der Waals surface area contributed by atoms with Crippen molar-refractivity contribution >= 4 is 30.0 Å². The average Bonchev–Trinajstić information content (AvgIpc) is 2.38. The molecule has 112 valence electrons. The fourth-order valence-electron chi connectivity index (χ4n) is 1.43. The van der Waals surface area contributed by atoms with Gasteiger partial charge in [0.2, 0.25) is 5.91 Å². The lowest BCUT2D eigenvalue weighted by atomic mass is 10.0. The average molecular weight is 301 g/mol. The highest BCUT2D eigenvalue weighted by Crippen LogP contribution is 2.11. The first-order chi connectivity index (χ1) is 8.95. The first-order valence-electron chi connectivity index (χ1n) is 6.29. The van der Waals surface area contributed by atoms with E-state index in [4.69, 9.17) is 10.5 Å². The van der Waals surface area contributed by atoms with E-state index in [-0.39, 0.29) is 30.2 Å². The number of carbonyl (C=O) groups excluding carboxylic acids is 2. The number of amides is 1. The molecule has 1 atom stereocenters. The molecule has 1 aromatic rings. The Hall–Kier alpha value is -1.59. The van der Waals surface area contributed by atoms with E-state index in [9.17, 15) is 9.59 Å². The highest BCUT2D eigenvalue weighted by molar-refractivity contribution is 5.95. The van der Waals surface area contributed by atoms with Crippen LogP contribution in [-0.2, 0) is 9.53 Å². The molecule has 20 heavy (non-hydrogen) atoms. The quantitative estimate of drug-likeness (QED) is 0.817. The van der Waals surface area contributed by atoms with E-state index < -0.39 is 6.04 Å². The summed E-state index contributed by atoms with van der Waals surface area (Å²) in [7, 11) is 0. The van der Waals surface area contributed by atoms with Crippen molar-refractivity contribution in [3.8, 4) is 0 Å². The molecular weight excluding hydrogens is 280 g/mol. The monoisotopic (exact) mass is 300 g/mol. The maximum absolute atomic E-state index is 11.7. The molecule has 0 radical (unpaired) electrons. The molecule has 0 saturated carbocycles. The summed E-state index contributed by atoms with van der Waals surface area (Å²) >= 11 is 0. The number of benzene rings is 1. The lowest BCUT2D eigenvalue weighted by Crippen LogP contribution is -2.39. The van der Waals surface area contributed by atoms with Gasteiger partial charge in [0, 0.05) is 5.69 Å². The minimum absolute atomic E-state index is 0. The van der Waals surface area contributed by atoms with E-state index in [0.29, 0.717) is 17.9 Å². The molecular formula is C14H21ClN2O3. The summed E-state index contributed by atoms with van der Waals surface area (Å²) in [6.07, 6.45) is 0. The van der Waals surface area contributed by atoms with Gasteiger partial charge in [-0.05, 0) is 37.1 Å². The largest absolute Gasteiger partial charge is 0.462 e. The van der Waals surface area contributed by atoms with Crippen LogP contribution < -0.4 is 11.1 Å².